The fourth-order valence-corrected chi connectivity index (χ4v) is 3.15. The molecule has 1 aromatic carbocycles. The van der Waals surface area contributed by atoms with Crippen molar-refractivity contribution in [3.8, 4) is 0 Å². The number of nitrogens with one attached hydrogen (secondary N) is 1. The maximum absolute atomic E-state index is 12.1. The molecule has 0 spiro atoms. The van der Waals surface area contributed by atoms with Crippen molar-refractivity contribution < 1.29 is 4.52 Å². The molecule has 8 heteroatoms. The van der Waals surface area contributed by atoms with E-state index in [4.69, 9.17) is 10.3 Å². The van der Waals surface area contributed by atoms with Crippen LogP contribution < -0.4 is 11.4 Å². The van der Waals surface area contributed by atoms with Gasteiger partial charge < -0.3 is 15.2 Å². The van der Waals surface area contributed by atoms with Crippen molar-refractivity contribution in [2.45, 2.75) is 37.8 Å². The van der Waals surface area contributed by atoms with Crippen LogP contribution in [0.2, 0.25) is 0 Å². The zero-order chi connectivity index (χ0) is 15.2. The van der Waals surface area contributed by atoms with Crippen molar-refractivity contribution in [3.05, 3.63) is 46.5 Å². The second-order valence-corrected chi connectivity index (χ2v) is 5.91. The molecule has 7 nitrogen and oxygen atoms in total. The Morgan fingerprint density at radius 1 is 1.30 bits per heavy atom. The van der Waals surface area contributed by atoms with E-state index in [1.807, 2.05) is 24.3 Å². The number of aromatic nitrogens is 4. The molecule has 0 aliphatic heterocycles. The van der Waals surface area contributed by atoms with Crippen LogP contribution in [0.15, 0.2) is 33.6 Å². The average Bonchev–Trinajstić information content (AvgIpc) is 3.21. The smallest absolute Gasteiger partial charge is 0.326 e. The monoisotopic (exact) mass is 335 g/mol. The zero-order valence-electron chi connectivity index (χ0n) is 12.5. The van der Waals surface area contributed by atoms with Gasteiger partial charge in [0.15, 0.2) is 5.82 Å². The molecule has 0 radical (unpaired) electrons. The van der Waals surface area contributed by atoms with Crippen LogP contribution in [0.25, 0.3) is 11.0 Å². The van der Waals surface area contributed by atoms with E-state index in [9.17, 15) is 4.79 Å². The summed E-state index contributed by atoms with van der Waals surface area (Å²) in [5.41, 5.74) is 7.26. The third-order valence-corrected chi connectivity index (χ3v) is 4.38. The fraction of sp³-hybridized carbons (Fsp3) is 0.400. The third kappa shape index (κ3) is 2.66. The van der Waals surface area contributed by atoms with Gasteiger partial charge in [0.25, 0.3) is 0 Å². The summed E-state index contributed by atoms with van der Waals surface area (Å²) in [4.78, 5) is 19.3. The quantitative estimate of drug-likeness (QED) is 0.761. The van der Waals surface area contributed by atoms with Crippen molar-refractivity contribution in [3.63, 3.8) is 0 Å². The molecule has 3 aromatic rings. The van der Waals surface area contributed by atoms with E-state index in [1.54, 1.807) is 4.57 Å². The summed E-state index contributed by atoms with van der Waals surface area (Å²) in [6.07, 6.45) is 3.92. The first-order valence-corrected chi connectivity index (χ1v) is 7.45. The van der Waals surface area contributed by atoms with Crippen LogP contribution in [0.3, 0.4) is 0 Å². The number of nitrogens with two attached hydrogens (primary N) is 1. The highest BCUT2D eigenvalue weighted by Crippen LogP contribution is 2.34. The lowest BCUT2D eigenvalue weighted by molar-refractivity contribution is 0.344. The molecule has 0 atom stereocenters. The van der Waals surface area contributed by atoms with E-state index in [-0.39, 0.29) is 24.6 Å². The van der Waals surface area contributed by atoms with Gasteiger partial charge >= 0.3 is 5.69 Å². The molecule has 0 amide bonds. The van der Waals surface area contributed by atoms with Crippen molar-refractivity contribution in [2.75, 3.05) is 0 Å². The number of aromatic amines is 1. The molecule has 1 saturated carbocycles. The minimum Gasteiger partial charge on any atom is -0.337 e. The molecule has 2 aromatic heterocycles. The molecule has 1 aliphatic carbocycles. The summed E-state index contributed by atoms with van der Waals surface area (Å²) in [7, 11) is 0. The molecule has 0 bridgehead atoms. The van der Waals surface area contributed by atoms with E-state index >= 15 is 0 Å². The first kappa shape index (κ1) is 15.8. The Morgan fingerprint density at radius 3 is 2.83 bits per heavy atom. The van der Waals surface area contributed by atoms with Gasteiger partial charge in [0.1, 0.15) is 6.54 Å². The largest absolute Gasteiger partial charge is 0.337 e. The summed E-state index contributed by atoms with van der Waals surface area (Å²) >= 11 is 0. The summed E-state index contributed by atoms with van der Waals surface area (Å²) in [5, 5.41) is 4.02. The van der Waals surface area contributed by atoms with Gasteiger partial charge in [-0.05, 0) is 25.0 Å². The second kappa shape index (κ2) is 5.82. The normalized spacial score (nSPS) is 16.6. The van der Waals surface area contributed by atoms with E-state index < -0.39 is 5.54 Å². The van der Waals surface area contributed by atoms with E-state index in [1.165, 1.54) is 0 Å². The molecule has 1 aliphatic rings. The predicted octanol–water partition coefficient (Wildman–Crippen LogP) is 1.91. The molecule has 4 rings (SSSR count). The number of fused-ring (bicyclic) bond motifs is 1. The minimum atomic E-state index is -0.479. The number of hydrogen-bond acceptors (Lipinski definition) is 5. The second-order valence-electron chi connectivity index (χ2n) is 5.91. The van der Waals surface area contributed by atoms with Gasteiger partial charge in [-0.15, -0.1) is 12.4 Å². The topological polar surface area (TPSA) is 103 Å². The molecule has 3 N–H and O–H groups in total. The van der Waals surface area contributed by atoms with E-state index in [2.05, 4.69) is 15.1 Å². The van der Waals surface area contributed by atoms with Gasteiger partial charge in [0, 0.05) is 0 Å². The lowest BCUT2D eigenvalue weighted by atomic mass is 9.99. The van der Waals surface area contributed by atoms with Gasteiger partial charge in [0.05, 0.1) is 16.6 Å². The molecule has 0 saturated heterocycles. The highest BCUT2D eigenvalue weighted by atomic mass is 35.5. The number of hydrogen-bond donors (Lipinski definition) is 2. The van der Waals surface area contributed by atoms with Crippen LogP contribution in [0, 0.1) is 0 Å². The number of H-pyrrole nitrogens is 1. The standard InChI is InChI=1S/C15H17N5O2.ClH/c16-15(7-3-4-8-15)13-18-12(22-19-13)9-20-11-6-2-1-5-10(11)17-14(20)21;/h1-2,5-6H,3-4,7-9,16H2,(H,17,21);1H. The lowest BCUT2D eigenvalue weighted by Gasteiger charge is -2.17. The predicted molar refractivity (Wildman–Crippen MR) is 87.5 cm³/mol. The van der Waals surface area contributed by atoms with E-state index in [0.717, 1.165) is 36.7 Å². The molecule has 2 heterocycles. The first-order valence-electron chi connectivity index (χ1n) is 7.45. The van der Waals surface area contributed by atoms with Crippen LogP contribution in [0.4, 0.5) is 0 Å². The molecule has 1 fully saturated rings. The van der Waals surface area contributed by atoms with Crippen LogP contribution >= 0.6 is 12.4 Å². The molecular weight excluding hydrogens is 318 g/mol. The average molecular weight is 336 g/mol. The number of para-hydroxylation sites is 2. The van der Waals surface area contributed by atoms with Crippen LogP contribution in [0.5, 0.6) is 0 Å². The maximum atomic E-state index is 12.1. The lowest BCUT2D eigenvalue weighted by Crippen LogP contribution is -2.34. The van der Waals surface area contributed by atoms with Crippen molar-refractivity contribution in [2.24, 2.45) is 5.73 Å². The number of benzene rings is 1. The molecule has 0 unspecified atom stereocenters. The molecule has 23 heavy (non-hydrogen) atoms. The van der Waals surface area contributed by atoms with Gasteiger partial charge in [-0.1, -0.05) is 30.1 Å². The van der Waals surface area contributed by atoms with Gasteiger partial charge in [-0.2, -0.15) is 4.98 Å². The van der Waals surface area contributed by atoms with E-state index in [0.29, 0.717) is 11.7 Å². The van der Waals surface area contributed by atoms with Gasteiger partial charge in [-0.25, -0.2) is 4.79 Å². The Morgan fingerprint density at radius 2 is 2.04 bits per heavy atom. The highest BCUT2D eigenvalue weighted by molar-refractivity contribution is 5.85. The summed E-state index contributed by atoms with van der Waals surface area (Å²) < 4.78 is 6.89. The maximum Gasteiger partial charge on any atom is 0.326 e. The summed E-state index contributed by atoms with van der Waals surface area (Å²) in [6, 6.07) is 7.51. The van der Waals surface area contributed by atoms with Crippen molar-refractivity contribution in [1.82, 2.24) is 19.7 Å². The molecular formula is C15H18ClN5O2. The zero-order valence-corrected chi connectivity index (χ0v) is 13.3. The number of halogens is 1. The number of nitrogens with zero attached hydrogens (tertiary/aromatic N) is 3. The van der Waals surface area contributed by atoms with Gasteiger partial charge in [0.2, 0.25) is 5.89 Å². The Labute approximate surface area is 138 Å². The van der Waals surface area contributed by atoms with Crippen LogP contribution in [-0.4, -0.2) is 19.7 Å². The number of rotatable bonds is 3. The Hall–Kier alpha value is -2.12. The highest BCUT2D eigenvalue weighted by Gasteiger charge is 2.36. The number of imidazole rings is 1. The van der Waals surface area contributed by atoms with Gasteiger partial charge in [-0.3, -0.25) is 4.57 Å². The summed E-state index contributed by atoms with van der Waals surface area (Å²) in [6.45, 7) is 0.242. The Balaban J connectivity index is 0.00000156. The molecule has 122 valence electrons. The van der Waals surface area contributed by atoms with Crippen molar-refractivity contribution >= 4 is 23.4 Å². The minimum absolute atomic E-state index is 0. The third-order valence-electron chi connectivity index (χ3n) is 4.38. The summed E-state index contributed by atoms with van der Waals surface area (Å²) in [5.74, 6) is 0.950. The SMILES string of the molecule is Cl.NC1(c2noc(Cn3c(=O)[nH]c4ccccc43)n2)CCCC1. The van der Waals surface area contributed by atoms with Crippen LogP contribution in [-0.2, 0) is 12.1 Å². The van der Waals surface area contributed by atoms with Crippen LogP contribution in [0.1, 0.15) is 37.4 Å². The first-order chi connectivity index (χ1) is 10.7. The fourth-order valence-electron chi connectivity index (χ4n) is 3.15. The Kier molecular flexibility index (Phi) is 3.99. The Bertz CT molecular complexity index is 875. The van der Waals surface area contributed by atoms with Crippen molar-refractivity contribution in [1.29, 1.82) is 0 Å².